The molecule has 3 N–H and O–H groups in total. The second kappa shape index (κ2) is 5.21. The van der Waals surface area contributed by atoms with Crippen molar-refractivity contribution in [2.75, 3.05) is 11.1 Å². The highest BCUT2D eigenvalue weighted by molar-refractivity contribution is 9.11. The molecule has 2 aromatic rings. The molecule has 2 nitrogen and oxygen atoms in total. The smallest absolute Gasteiger partial charge is 0.0702 e. The molecule has 1 aromatic carbocycles. The number of nitrogens with two attached hydrogens (primary N) is 1. The van der Waals surface area contributed by atoms with E-state index in [4.69, 9.17) is 5.73 Å². The molecule has 1 heterocycles. The molecule has 0 amide bonds. The summed E-state index contributed by atoms with van der Waals surface area (Å²) in [5, 5.41) is 3.36. The molecular formula is C11H10Br2N2S. The Labute approximate surface area is 115 Å². The van der Waals surface area contributed by atoms with Crippen molar-refractivity contribution in [3.05, 3.63) is 43.5 Å². The monoisotopic (exact) mass is 360 g/mol. The van der Waals surface area contributed by atoms with Gasteiger partial charge in [0.1, 0.15) is 0 Å². The minimum atomic E-state index is 0.760. The van der Waals surface area contributed by atoms with Crippen molar-refractivity contribution in [1.82, 2.24) is 0 Å². The van der Waals surface area contributed by atoms with Crippen molar-refractivity contribution in [2.45, 2.75) is 6.54 Å². The van der Waals surface area contributed by atoms with Gasteiger partial charge in [0.2, 0.25) is 0 Å². The summed E-state index contributed by atoms with van der Waals surface area (Å²) in [6.07, 6.45) is 0. The molecule has 0 unspecified atom stereocenters. The van der Waals surface area contributed by atoms with Crippen LogP contribution in [-0.4, -0.2) is 0 Å². The molecule has 0 bridgehead atoms. The second-order valence-corrected chi connectivity index (χ2v) is 6.70. The van der Waals surface area contributed by atoms with Crippen LogP contribution in [0.4, 0.5) is 11.4 Å². The SMILES string of the molecule is Nc1ccc(NCc2ccc(Br)s2)c(Br)c1. The lowest BCUT2D eigenvalue weighted by Gasteiger charge is -2.07. The van der Waals surface area contributed by atoms with E-state index in [9.17, 15) is 0 Å². The van der Waals surface area contributed by atoms with Crippen molar-refractivity contribution in [3.63, 3.8) is 0 Å². The first-order valence-electron chi connectivity index (χ1n) is 4.68. The molecule has 1 aromatic heterocycles. The summed E-state index contributed by atoms with van der Waals surface area (Å²) >= 11 is 8.65. The second-order valence-electron chi connectivity index (χ2n) is 3.30. The van der Waals surface area contributed by atoms with Crippen LogP contribution >= 0.6 is 43.2 Å². The number of hydrogen-bond acceptors (Lipinski definition) is 3. The van der Waals surface area contributed by atoms with E-state index in [-0.39, 0.29) is 0 Å². The maximum absolute atomic E-state index is 5.68. The summed E-state index contributed by atoms with van der Waals surface area (Å²) < 4.78 is 2.14. The Kier molecular flexibility index (Phi) is 3.89. The Balaban J connectivity index is 2.04. The summed E-state index contributed by atoms with van der Waals surface area (Å²) in [5.74, 6) is 0. The number of benzene rings is 1. The number of anilines is 2. The standard InChI is InChI=1S/C11H10Br2N2S/c12-9-5-7(14)1-3-10(9)15-6-8-2-4-11(13)16-8/h1-5,15H,6,14H2. The summed E-state index contributed by atoms with van der Waals surface area (Å²) in [6, 6.07) is 9.92. The lowest BCUT2D eigenvalue weighted by Crippen LogP contribution is -1.98. The van der Waals surface area contributed by atoms with Gasteiger partial charge in [0.15, 0.2) is 0 Å². The summed E-state index contributed by atoms with van der Waals surface area (Å²) in [7, 11) is 0. The highest BCUT2D eigenvalue weighted by Gasteiger charge is 2.01. The normalized spacial score (nSPS) is 10.4. The average Bonchev–Trinajstić information content (AvgIpc) is 2.63. The van der Waals surface area contributed by atoms with Crippen LogP contribution < -0.4 is 11.1 Å². The molecule has 0 aliphatic heterocycles. The zero-order chi connectivity index (χ0) is 11.5. The van der Waals surface area contributed by atoms with Gasteiger partial charge in [-0.2, -0.15) is 0 Å². The fourth-order valence-electron chi connectivity index (χ4n) is 1.30. The van der Waals surface area contributed by atoms with E-state index in [1.54, 1.807) is 11.3 Å². The van der Waals surface area contributed by atoms with Gasteiger partial charge >= 0.3 is 0 Å². The largest absolute Gasteiger partial charge is 0.399 e. The molecule has 0 radical (unpaired) electrons. The van der Waals surface area contributed by atoms with Gasteiger partial charge in [-0.3, -0.25) is 0 Å². The molecule has 0 saturated carbocycles. The van der Waals surface area contributed by atoms with Crippen LogP contribution in [0.3, 0.4) is 0 Å². The van der Waals surface area contributed by atoms with Crippen molar-refractivity contribution < 1.29 is 0 Å². The number of halogens is 2. The minimum Gasteiger partial charge on any atom is -0.399 e. The van der Waals surface area contributed by atoms with Crippen LogP contribution in [-0.2, 0) is 6.54 Å². The fraction of sp³-hybridized carbons (Fsp3) is 0.0909. The maximum Gasteiger partial charge on any atom is 0.0702 e. The average molecular weight is 362 g/mol. The molecule has 0 fully saturated rings. The molecule has 16 heavy (non-hydrogen) atoms. The predicted molar refractivity (Wildman–Crippen MR) is 77.9 cm³/mol. The molecule has 0 aliphatic rings. The minimum absolute atomic E-state index is 0.760. The van der Waals surface area contributed by atoms with E-state index in [1.807, 2.05) is 18.2 Å². The maximum atomic E-state index is 5.68. The third kappa shape index (κ3) is 2.99. The van der Waals surface area contributed by atoms with Crippen LogP contribution in [0.1, 0.15) is 4.88 Å². The summed E-state index contributed by atoms with van der Waals surface area (Å²) in [4.78, 5) is 1.29. The summed E-state index contributed by atoms with van der Waals surface area (Å²) in [6.45, 7) is 0.818. The van der Waals surface area contributed by atoms with Crippen LogP contribution in [0, 0.1) is 0 Å². The highest BCUT2D eigenvalue weighted by Crippen LogP contribution is 2.27. The van der Waals surface area contributed by atoms with Crippen LogP contribution in [0.25, 0.3) is 0 Å². The van der Waals surface area contributed by atoms with E-state index in [0.29, 0.717) is 0 Å². The molecule has 0 spiro atoms. The topological polar surface area (TPSA) is 38.0 Å². The van der Waals surface area contributed by atoms with E-state index in [2.05, 4.69) is 49.3 Å². The Bertz CT molecular complexity index is 496. The zero-order valence-corrected chi connectivity index (χ0v) is 12.3. The van der Waals surface area contributed by atoms with Gasteiger partial charge in [-0.1, -0.05) is 0 Å². The van der Waals surface area contributed by atoms with E-state index < -0.39 is 0 Å². The van der Waals surface area contributed by atoms with E-state index in [1.165, 1.54) is 4.88 Å². The third-order valence-corrected chi connectivity index (χ3v) is 4.35. The lowest BCUT2D eigenvalue weighted by atomic mass is 10.3. The van der Waals surface area contributed by atoms with E-state index in [0.717, 1.165) is 26.2 Å². The van der Waals surface area contributed by atoms with Crippen molar-refractivity contribution in [3.8, 4) is 0 Å². The molecule has 0 atom stereocenters. The van der Waals surface area contributed by atoms with Gasteiger partial charge in [0, 0.05) is 27.3 Å². The third-order valence-electron chi connectivity index (χ3n) is 2.08. The van der Waals surface area contributed by atoms with Crippen molar-refractivity contribution in [2.24, 2.45) is 0 Å². The molecule has 0 saturated heterocycles. The van der Waals surface area contributed by atoms with Crippen molar-refractivity contribution in [1.29, 1.82) is 0 Å². The van der Waals surface area contributed by atoms with Gasteiger partial charge in [-0.25, -0.2) is 0 Å². The Morgan fingerprint density at radius 3 is 2.62 bits per heavy atom. The van der Waals surface area contributed by atoms with E-state index >= 15 is 0 Å². The number of nitrogens with one attached hydrogen (secondary N) is 1. The Morgan fingerprint density at radius 2 is 2.00 bits per heavy atom. The number of rotatable bonds is 3. The van der Waals surface area contributed by atoms with Crippen LogP contribution in [0.2, 0.25) is 0 Å². The van der Waals surface area contributed by atoms with Crippen LogP contribution in [0.15, 0.2) is 38.6 Å². The first-order chi connectivity index (χ1) is 7.65. The van der Waals surface area contributed by atoms with Gasteiger partial charge < -0.3 is 11.1 Å². The number of nitrogen functional groups attached to an aromatic ring is 1. The quantitative estimate of drug-likeness (QED) is 0.791. The Morgan fingerprint density at radius 1 is 1.19 bits per heavy atom. The first-order valence-corrected chi connectivity index (χ1v) is 7.08. The molecular weight excluding hydrogens is 352 g/mol. The molecule has 5 heteroatoms. The summed E-state index contributed by atoms with van der Waals surface area (Å²) in [5.41, 5.74) is 7.49. The lowest BCUT2D eigenvalue weighted by molar-refractivity contribution is 1.19. The molecule has 84 valence electrons. The molecule has 0 aliphatic carbocycles. The molecule has 2 rings (SSSR count). The van der Waals surface area contributed by atoms with Gasteiger partial charge in [0.25, 0.3) is 0 Å². The van der Waals surface area contributed by atoms with Gasteiger partial charge in [-0.15, -0.1) is 11.3 Å². The van der Waals surface area contributed by atoms with Gasteiger partial charge in [0.05, 0.1) is 3.79 Å². The van der Waals surface area contributed by atoms with Gasteiger partial charge in [-0.05, 0) is 62.2 Å². The highest BCUT2D eigenvalue weighted by atomic mass is 79.9. The van der Waals surface area contributed by atoms with Crippen LogP contribution in [0.5, 0.6) is 0 Å². The predicted octanol–water partition coefficient (Wildman–Crippen LogP) is 4.47. The fourth-order valence-corrected chi connectivity index (χ4v) is 3.26. The van der Waals surface area contributed by atoms with Crippen molar-refractivity contribution >= 4 is 54.6 Å². The number of hydrogen-bond donors (Lipinski definition) is 2. The zero-order valence-electron chi connectivity index (χ0n) is 8.34. The number of thiophene rings is 1. The Hall–Kier alpha value is -0.520. The first kappa shape index (κ1) is 12.0.